The van der Waals surface area contributed by atoms with Gasteiger partial charge in [-0.05, 0) is 63.6 Å². The van der Waals surface area contributed by atoms with Crippen molar-refractivity contribution < 1.29 is 5.11 Å². The Balaban J connectivity index is 1.84. The van der Waals surface area contributed by atoms with Gasteiger partial charge in [0.25, 0.3) is 0 Å². The monoisotopic (exact) mass is 299 g/mol. The molecule has 0 spiro atoms. The molecule has 5 atom stereocenters. The number of rotatable bonds is 2. The molecule has 2 saturated heterocycles. The van der Waals surface area contributed by atoms with Crippen molar-refractivity contribution in [3.63, 3.8) is 0 Å². The average molecular weight is 299 g/mol. The molecular weight excluding hydrogens is 270 g/mol. The van der Waals surface area contributed by atoms with Gasteiger partial charge in [0.1, 0.15) is 0 Å². The van der Waals surface area contributed by atoms with Crippen LogP contribution in [-0.2, 0) is 11.8 Å². The van der Waals surface area contributed by atoms with E-state index in [0.717, 1.165) is 0 Å². The highest BCUT2D eigenvalue weighted by atomic mass is 16.3. The van der Waals surface area contributed by atoms with Crippen molar-refractivity contribution in [3.8, 4) is 0 Å². The molecule has 1 saturated carbocycles. The Bertz CT molecular complexity index is 590. The summed E-state index contributed by atoms with van der Waals surface area (Å²) in [4.78, 5) is 2.61. The van der Waals surface area contributed by atoms with Gasteiger partial charge in [0.2, 0.25) is 0 Å². The molecule has 1 N–H and O–H groups in total. The molecule has 0 amide bonds. The van der Waals surface area contributed by atoms with Crippen molar-refractivity contribution in [1.82, 2.24) is 4.90 Å². The maximum Gasteiger partial charge on any atom is 0.0634 e. The van der Waals surface area contributed by atoms with Crippen LogP contribution in [0.4, 0.5) is 0 Å². The summed E-state index contributed by atoms with van der Waals surface area (Å²) in [7, 11) is 2.30. The Kier molecular flexibility index (Phi) is 3.06. The van der Waals surface area contributed by atoms with Crippen LogP contribution >= 0.6 is 0 Å². The van der Waals surface area contributed by atoms with Crippen LogP contribution in [-0.4, -0.2) is 34.7 Å². The molecule has 5 rings (SSSR count). The lowest BCUT2D eigenvalue weighted by Crippen LogP contribution is -2.70. The highest BCUT2D eigenvalue weighted by molar-refractivity contribution is 5.42. The predicted molar refractivity (Wildman–Crippen MR) is 90.0 cm³/mol. The van der Waals surface area contributed by atoms with E-state index in [2.05, 4.69) is 43.1 Å². The summed E-state index contributed by atoms with van der Waals surface area (Å²) in [5.74, 6) is 1.10. The molecule has 4 unspecified atom stereocenters. The summed E-state index contributed by atoms with van der Waals surface area (Å²) < 4.78 is 0. The van der Waals surface area contributed by atoms with Crippen LogP contribution in [0.2, 0.25) is 0 Å². The first-order chi connectivity index (χ1) is 10.4. The van der Waals surface area contributed by atoms with Gasteiger partial charge in [0.05, 0.1) is 5.60 Å². The quantitative estimate of drug-likeness (QED) is 0.905. The topological polar surface area (TPSA) is 23.5 Å². The van der Waals surface area contributed by atoms with Gasteiger partial charge in [-0.1, -0.05) is 31.2 Å². The van der Waals surface area contributed by atoms with Crippen molar-refractivity contribution in [3.05, 3.63) is 35.4 Å². The highest BCUT2D eigenvalue weighted by Gasteiger charge is 2.61. The fraction of sp³-hybridized carbons (Fsp3) is 0.700. The van der Waals surface area contributed by atoms with Gasteiger partial charge in [-0.2, -0.15) is 0 Å². The zero-order valence-corrected chi connectivity index (χ0v) is 14.3. The highest BCUT2D eigenvalue weighted by Crippen LogP contribution is 2.60. The molecule has 2 aliphatic carbocycles. The van der Waals surface area contributed by atoms with Gasteiger partial charge < -0.3 is 5.11 Å². The second kappa shape index (κ2) is 4.58. The standard InChI is InChI=1S/C20H29NO/c1-5-20-12-18-15(19(2,3)22)11-16(20)17(21(18)4)10-13-8-6-7-9-14(13)20/h6-9,15-18,22H,5,10-12H2,1-4H3/t15?,16?,17?,18?,20-/m1/s1. The molecule has 4 bridgehead atoms. The number of hydrogen-bond acceptors (Lipinski definition) is 2. The molecule has 3 fully saturated rings. The summed E-state index contributed by atoms with van der Waals surface area (Å²) in [5, 5.41) is 10.7. The van der Waals surface area contributed by atoms with Crippen LogP contribution in [0.15, 0.2) is 24.3 Å². The lowest BCUT2D eigenvalue weighted by molar-refractivity contribution is -0.148. The molecule has 2 nitrogen and oxygen atoms in total. The molecule has 4 aliphatic rings. The van der Waals surface area contributed by atoms with Gasteiger partial charge in [-0.15, -0.1) is 0 Å². The van der Waals surface area contributed by atoms with Crippen LogP contribution in [0.5, 0.6) is 0 Å². The predicted octanol–water partition coefficient (Wildman–Crippen LogP) is 3.37. The number of fused-ring (bicyclic) bond motifs is 2. The molecule has 2 aliphatic heterocycles. The first-order valence-corrected chi connectivity index (χ1v) is 8.91. The molecule has 1 aromatic rings. The number of nitrogens with zero attached hydrogens (tertiary/aromatic N) is 1. The lowest BCUT2D eigenvalue weighted by Gasteiger charge is -2.66. The second-order valence-corrected chi connectivity index (χ2v) is 8.48. The third-order valence-electron chi connectivity index (χ3n) is 7.29. The summed E-state index contributed by atoms with van der Waals surface area (Å²) in [6.07, 6.45) is 4.82. The summed E-state index contributed by atoms with van der Waals surface area (Å²) >= 11 is 0. The fourth-order valence-electron chi connectivity index (χ4n) is 6.17. The smallest absolute Gasteiger partial charge is 0.0634 e. The van der Waals surface area contributed by atoms with E-state index >= 15 is 0 Å². The van der Waals surface area contributed by atoms with E-state index in [1.165, 1.54) is 25.7 Å². The van der Waals surface area contributed by atoms with E-state index in [-0.39, 0.29) is 0 Å². The van der Waals surface area contributed by atoms with Crippen LogP contribution in [0.25, 0.3) is 0 Å². The van der Waals surface area contributed by atoms with E-state index in [4.69, 9.17) is 0 Å². The van der Waals surface area contributed by atoms with Crippen molar-refractivity contribution in [2.75, 3.05) is 7.05 Å². The molecule has 120 valence electrons. The molecule has 22 heavy (non-hydrogen) atoms. The number of benzene rings is 1. The molecule has 0 radical (unpaired) electrons. The largest absolute Gasteiger partial charge is 0.390 e. The summed E-state index contributed by atoms with van der Waals surface area (Å²) in [6, 6.07) is 10.3. The van der Waals surface area contributed by atoms with E-state index < -0.39 is 5.60 Å². The van der Waals surface area contributed by atoms with E-state index in [1.54, 1.807) is 11.1 Å². The van der Waals surface area contributed by atoms with Crippen LogP contribution in [0.3, 0.4) is 0 Å². The minimum Gasteiger partial charge on any atom is -0.390 e. The van der Waals surface area contributed by atoms with Gasteiger partial charge in [-0.3, -0.25) is 4.90 Å². The van der Waals surface area contributed by atoms with E-state index in [0.29, 0.717) is 29.3 Å². The second-order valence-electron chi connectivity index (χ2n) is 8.48. The number of aliphatic hydroxyl groups is 1. The SMILES string of the molecule is CC[C@]12CC3C(C(C)(C)O)CC1C(Cc1ccccc12)N3C. The Morgan fingerprint density at radius 3 is 2.68 bits per heavy atom. The average Bonchev–Trinajstić information content (AvgIpc) is 2.50. The van der Waals surface area contributed by atoms with Crippen molar-refractivity contribution in [2.24, 2.45) is 11.8 Å². The van der Waals surface area contributed by atoms with Crippen molar-refractivity contribution in [2.45, 2.75) is 69.6 Å². The van der Waals surface area contributed by atoms with Crippen molar-refractivity contribution >= 4 is 0 Å². The molecule has 2 heteroatoms. The first kappa shape index (κ1) is 14.7. The zero-order chi connectivity index (χ0) is 15.7. The summed E-state index contributed by atoms with van der Waals surface area (Å²) in [5.41, 5.74) is 2.96. The Labute approximate surface area is 134 Å². The number of likely N-dealkylation sites (N-methyl/N-ethyl adjacent to an activating group) is 1. The maximum absolute atomic E-state index is 10.7. The number of piperidine rings is 2. The maximum atomic E-state index is 10.7. The normalized spacial score (nSPS) is 40.6. The zero-order valence-electron chi connectivity index (χ0n) is 14.3. The fourth-order valence-corrected chi connectivity index (χ4v) is 6.17. The Morgan fingerprint density at radius 1 is 1.27 bits per heavy atom. The minimum absolute atomic E-state index is 0.346. The van der Waals surface area contributed by atoms with Gasteiger partial charge in [-0.25, -0.2) is 0 Å². The lowest BCUT2D eigenvalue weighted by atomic mass is 9.47. The minimum atomic E-state index is -0.569. The van der Waals surface area contributed by atoms with E-state index in [1.807, 2.05) is 13.8 Å². The third kappa shape index (κ3) is 1.74. The summed E-state index contributed by atoms with van der Waals surface area (Å²) in [6.45, 7) is 6.39. The Morgan fingerprint density at radius 2 is 2.00 bits per heavy atom. The molecule has 0 aromatic heterocycles. The van der Waals surface area contributed by atoms with E-state index in [9.17, 15) is 5.11 Å². The van der Waals surface area contributed by atoms with Gasteiger partial charge in [0, 0.05) is 23.4 Å². The van der Waals surface area contributed by atoms with Crippen LogP contribution in [0.1, 0.15) is 51.2 Å². The first-order valence-electron chi connectivity index (χ1n) is 8.91. The van der Waals surface area contributed by atoms with Crippen molar-refractivity contribution in [1.29, 1.82) is 0 Å². The number of hydrogen-bond donors (Lipinski definition) is 1. The molecule has 2 heterocycles. The Hall–Kier alpha value is -0.860. The molecule has 1 aromatic carbocycles. The van der Waals surface area contributed by atoms with Gasteiger partial charge >= 0.3 is 0 Å². The van der Waals surface area contributed by atoms with Crippen LogP contribution < -0.4 is 0 Å². The van der Waals surface area contributed by atoms with Crippen LogP contribution in [0, 0.1) is 11.8 Å². The molecular formula is C20H29NO. The van der Waals surface area contributed by atoms with Gasteiger partial charge in [0.15, 0.2) is 0 Å². The third-order valence-corrected chi connectivity index (χ3v) is 7.29.